The SMILES string of the molecule is CC(C)CCNC(=O)[C@@H]1CCCN(C2CCN(Cc3ccncc3)CC2)C1. The molecule has 1 atom stereocenters. The molecule has 1 amide bonds. The van der Waals surface area contributed by atoms with Gasteiger partial charge in [-0.15, -0.1) is 0 Å². The summed E-state index contributed by atoms with van der Waals surface area (Å²) in [7, 11) is 0. The van der Waals surface area contributed by atoms with Crippen LogP contribution >= 0.6 is 0 Å². The zero-order chi connectivity index (χ0) is 19.1. The molecule has 0 saturated carbocycles. The highest BCUT2D eigenvalue weighted by Crippen LogP contribution is 2.24. The summed E-state index contributed by atoms with van der Waals surface area (Å²) in [5.41, 5.74) is 1.35. The van der Waals surface area contributed by atoms with Gasteiger partial charge in [-0.3, -0.25) is 19.6 Å². The number of aromatic nitrogens is 1. The Bertz CT molecular complexity index is 569. The van der Waals surface area contributed by atoms with E-state index >= 15 is 0 Å². The second-order valence-corrected chi connectivity index (χ2v) is 8.67. The van der Waals surface area contributed by atoms with Crippen molar-refractivity contribution < 1.29 is 4.79 Å². The minimum absolute atomic E-state index is 0.181. The highest BCUT2D eigenvalue weighted by Gasteiger charge is 2.31. The number of amides is 1. The van der Waals surface area contributed by atoms with Gasteiger partial charge in [-0.1, -0.05) is 13.8 Å². The molecule has 0 aliphatic carbocycles. The number of carbonyl (C=O) groups excluding carboxylic acids is 1. The number of piperidine rings is 2. The van der Waals surface area contributed by atoms with Crippen molar-refractivity contribution >= 4 is 5.91 Å². The molecule has 1 N–H and O–H groups in total. The molecule has 1 aromatic heterocycles. The zero-order valence-corrected chi connectivity index (χ0v) is 17.1. The van der Waals surface area contributed by atoms with Crippen molar-refractivity contribution in [3.63, 3.8) is 0 Å². The van der Waals surface area contributed by atoms with Crippen LogP contribution in [0.3, 0.4) is 0 Å². The lowest BCUT2D eigenvalue weighted by Crippen LogP contribution is -2.50. The van der Waals surface area contributed by atoms with Crippen molar-refractivity contribution in [2.75, 3.05) is 32.7 Å². The molecule has 0 bridgehead atoms. The second-order valence-electron chi connectivity index (χ2n) is 8.67. The highest BCUT2D eigenvalue weighted by molar-refractivity contribution is 5.78. The Balaban J connectivity index is 1.42. The molecule has 0 aromatic carbocycles. The fourth-order valence-corrected chi connectivity index (χ4v) is 4.37. The summed E-state index contributed by atoms with van der Waals surface area (Å²) in [6, 6.07) is 4.86. The van der Waals surface area contributed by atoms with Gasteiger partial charge in [0.25, 0.3) is 0 Å². The summed E-state index contributed by atoms with van der Waals surface area (Å²) in [6.45, 7) is 10.7. The third kappa shape index (κ3) is 6.28. The van der Waals surface area contributed by atoms with Crippen molar-refractivity contribution in [1.82, 2.24) is 20.1 Å². The molecular weight excluding hydrogens is 336 g/mol. The second kappa shape index (κ2) is 10.2. The molecule has 3 heterocycles. The van der Waals surface area contributed by atoms with Crippen LogP contribution in [-0.4, -0.2) is 59.5 Å². The molecule has 3 rings (SSSR count). The van der Waals surface area contributed by atoms with E-state index in [9.17, 15) is 4.79 Å². The standard InChI is InChI=1S/C22H36N4O/c1-18(2)5-12-24-22(27)20-4-3-13-26(17-20)21-8-14-25(15-9-21)16-19-6-10-23-11-7-19/h6-7,10-11,18,20-21H,3-5,8-9,12-17H2,1-2H3,(H,24,27)/t20-/m1/s1. The number of likely N-dealkylation sites (tertiary alicyclic amines) is 2. The fraction of sp³-hybridized carbons (Fsp3) is 0.727. The average Bonchev–Trinajstić information content (AvgIpc) is 2.69. The lowest BCUT2D eigenvalue weighted by Gasteiger charge is -2.42. The largest absolute Gasteiger partial charge is 0.356 e. The first kappa shape index (κ1) is 20.3. The molecule has 2 aliphatic heterocycles. The highest BCUT2D eigenvalue weighted by atomic mass is 16.1. The lowest BCUT2D eigenvalue weighted by atomic mass is 9.93. The van der Waals surface area contributed by atoms with E-state index in [1.807, 2.05) is 12.4 Å². The average molecular weight is 373 g/mol. The van der Waals surface area contributed by atoms with Gasteiger partial charge < -0.3 is 5.32 Å². The maximum Gasteiger partial charge on any atom is 0.224 e. The summed E-state index contributed by atoms with van der Waals surface area (Å²) < 4.78 is 0. The van der Waals surface area contributed by atoms with Crippen LogP contribution in [0, 0.1) is 11.8 Å². The minimum Gasteiger partial charge on any atom is -0.356 e. The van der Waals surface area contributed by atoms with Crippen LogP contribution in [0.5, 0.6) is 0 Å². The molecule has 5 heteroatoms. The smallest absolute Gasteiger partial charge is 0.224 e. The molecule has 1 aromatic rings. The number of rotatable bonds is 7. The summed E-state index contributed by atoms with van der Waals surface area (Å²) in [5, 5.41) is 3.16. The normalized spacial score (nSPS) is 22.9. The third-order valence-corrected chi connectivity index (χ3v) is 6.07. The van der Waals surface area contributed by atoms with E-state index in [0.717, 1.165) is 58.5 Å². The summed E-state index contributed by atoms with van der Waals surface area (Å²) in [6.07, 6.45) is 9.45. The Morgan fingerprint density at radius 2 is 1.93 bits per heavy atom. The van der Waals surface area contributed by atoms with Gasteiger partial charge in [-0.25, -0.2) is 0 Å². The number of nitrogens with one attached hydrogen (secondary N) is 1. The number of hydrogen-bond acceptors (Lipinski definition) is 4. The number of nitrogens with zero attached hydrogens (tertiary/aromatic N) is 3. The Labute approximate surface area is 164 Å². The number of carbonyl (C=O) groups is 1. The van der Waals surface area contributed by atoms with Gasteiger partial charge in [0.1, 0.15) is 0 Å². The van der Waals surface area contributed by atoms with Crippen LogP contribution in [0.4, 0.5) is 0 Å². The summed E-state index contributed by atoms with van der Waals surface area (Å²) in [4.78, 5) is 21.8. The van der Waals surface area contributed by atoms with Crippen molar-refractivity contribution in [3.05, 3.63) is 30.1 Å². The van der Waals surface area contributed by atoms with Gasteiger partial charge in [0, 0.05) is 38.1 Å². The van der Waals surface area contributed by atoms with Gasteiger partial charge in [0.15, 0.2) is 0 Å². The summed E-state index contributed by atoms with van der Waals surface area (Å²) in [5.74, 6) is 1.10. The first-order chi connectivity index (χ1) is 13.1. The van der Waals surface area contributed by atoms with Crippen molar-refractivity contribution in [1.29, 1.82) is 0 Å². The predicted molar refractivity (Wildman–Crippen MR) is 109 cm³/mol. The summed E-state index contributed by atoms with van der Waals surface area (Å²) >= 11 is 0. The molecule has 27 heavy (non-hydrogen) atoms. The molecule has 2 saturated heterocycles. The zero-order valence-electron chi connectivity index (χ0n) is 17.1. The van der Waals surface area contributed by atoms with Crippen molar-refractivity contribution in [2.45, 2.75) is 58.5 Å². The maximum absolute atomic E-state index is 12.5. The Hall–Kier alpha value is -1.46. The monoisotopic (exact) mass is 372 g/mol. The quantitative estimate of drug-likeness (QED) is 0.799. The fourth-order valence-electron chi connectivity index (χ4n) is 4.37. The maximum atomic E-state index is 12.5. The van der Waals surface area contributed by atoms with Gasteiger partial charge in [0.05, 0.1) is 5.92 Å². The van der Waals surface area contributed by atoms with E-state index in [4.69, 9.17) is 0 Å². The van der Waals surface area contributed by atoms with Crippen LogP contribution in [0.25, 0.3) is 0 Å². The molecule has 0 spiro atoms. The Morgan fingerprint density at radius 3 is 2.63 bits per heavy atom. The van der Waals surface area contributed by atoms with Crippen LogP contribution in [-0.2, 0) is 11.3 Å². The van der Waals surface area contributed by atoms with E-state index < -0.39 is 0 Å². The van der Waals surface area contributed by atoms with E-state index in [2.05, 4.69) is 46.1 Å². The van der Waals surface area contributed by atoms with Crippen LogP contribution in [0.2, 0.25) is 0 Å². The molecule has 0 unspecified atom stereocenters. The first-order valence-corrected chi connectivity index (χ1v) is 10.7. The van der Waals surface area contributed by atoms with Crippen LogP contribution in [0.15, 0.2) is 24.5 Å². The molecule has 0 radical (unpaired) electrons. The first-order valence-electron chi connectivity index (χ1n) is 10.7. The van der Waals surface area contributed by atoms with E-state index in [0.29, 0.717) is 12.0 Å². The Morgan fingerprint density at radius 1 is 1.19 bits per heavy atom. The molecule has 150 valence electrons. The molecule has 5 nitrogen and oxygen atoms in total. The predicted octanol–water partition coefficient (Wildman–Crippen LogP) is 2.92. The Kier molecular flexibility index (Phi) is 7.65. The topological polar surface area (TPSA) is 48.5 Å². The van der Waals surface area contributed by atoms with Gasteiger partial charge >= 0.3 is 0 Å². The molecular formula is C22H36N4O. The van der Waals surface area contributed by atoms with E-state index in [1.165, 1.54) is 18.4 Å². The molecule has 2 fully saturated rings. The third-order valence-electron chi connectivity index (χ3n) is 6.07. The van der Waals surface area contributed by atoms with E-state index in [1.54, 1.807) is 0 Å². The van der Waals surface area contributed by atoms with Crippen LogP contribution in [0.1, 0.15) is 51.5 Å². The lowest BCUT2D eigenvalue weighted by molar-refractivity contribution is -0.127. The molecule has 2 aliphatic rings. The van der Waals surface area contributed by atoms with Crippen LogP contribution < -0.4 is 5.32 Å². The van der Waals surface area contributed by atoms with Crippen molar-refractivity contribution in [3.8, 4) is 0 Å². The van der Waals surface area contributed by atoms with E-state index in [-0.39, 0.29) is 11.8 Å². The van der Waals surface area contributed by atoms with Gasteiger partial charge in [-0.05, 0) is 75.4 Å². The van der Waals surface area contributed by atoms with Gasteiger partial charge in [-0.2, -0.15) is 0 Å². The van der Waals surface area contributed by atoms with Gasteiger partial charge in [0.2, 0.25) is 5.91 Å². The number of pyridine rings is 1. The minimum atomic E-state index is 0.181. The number of hydrogen-bond donors (Lipinski definition) is 1. The van der Waals surface area contributed by atoms with Crippen molar-refractivity contribution in [2.24, 2.45) is 11.8 Å².